The maximum absolute atomic E-state index is 2.58. The van der Waals surface area contributed by atoms with Crippen molar-refractivity contribution in [2.24, 2.45) is 11.8 Å². The maximum atomic E-state index is 2.58. The van der Waals surface area contributed by atoms with Gasteiger partial charge in [-0.3, -0.25) is 0 Å². The van der Waals surface area contributed by atoms with Crippen LogP contribution in [0.3, 0.4) is 0 Å². The van der Waals surface area contributed by atoms with Gasteiger partial charge in [0.2, 0.25) is 0 Å². The molecular formula is C56H53N. The molecule has 7 aromatic carbocycles. The van der Waals surface area contributed by atoms with E-state index in [1.54, 1.807) is 0 Å². The number of benzene rings is 7. The van der Waals surface area contributed by atoms with Gasteiger partial charge in [0.1, 0.15) is 0 Å². The van der Waals surface area contributed by atoms with Crippen LogP contribution in [0.1, 0.15) is 106 Å². The van der Waals surface area contributed by atoms with E-state index in [0.29, 0.717) is 11.8 Å². The predicted molar refractivity (Wildman–Crippen MR) is 241 cm³/mol. The average molecular weight is 740 g/mol. The lowest BCUT2D eigenvalue weighted by Gasteiger charge is -2.31. The van der Waals surface area contributed by atoms with E-state index in [2.05, 4.69) is 170 Å². The van der Waals surface area contributed by atoms with Crippen LogP contribution in [0.15, 0.2) is 152 Å². The summed E-state index contributed by atoms with van der Waals surface area (Å²) >= 11 is 0. The summed E-state index contributed by atoms with van der Waals surface area (Å²) in [5.41, 5.74) is 17.1. The molecule has 11 rings (SSSR count). The van der Waals surface area contributed by atoms with Crippen molar-refractivity contribution >= 4 is 27.8 Å². The van der Waals surface area contributed by atoms with Crippen LogP contribution in [0.5, 0.6) is 0 Å². The fourth-order valence-corrected chi connectivity index (χ4v) is 11.7. The Morgan fingerprint density at radius 3 is 1.91 bits per heavy atom. The SMILES string of the molecule is CC1(C)c2ccc(-c3ccccc3)cc2-c2cc(-c3ccccc3)c(N(c3ccc(C4CC5CCC4C5)cc3)c3ccc4ccc(C5CCCCC5)cc4c3)cc21. The number of rotatable bonds is 7. The van der Waals surface area contributed by atoms with Crippen LogP contribution in [-0.2, 0) is 5.41 Å². The van der Waals surface area contributed by atoms with Crippen molar-refractivity contribution in [3.63, 3.8) is 0 Å². The highest BCUT2D eigenvalue weighted by Crippen LogP contribution is 2.56. The number of hydrogen-bond acceptors (Lipinski definition) is 1. The lowest BCUT2D eigenvalue weighted by molar-refractivity contribution is 0.420. The van der Waals surface area contributed by atoms with Crippen molar-refractivity contribution in [2.75, 3.05) is 4.90 Å². The van der Waals surface area contributed by atoms with E-state index in [1.807, 2.05) is 0 Å². The Morgan fingerprint density at radius 1 is 0.474 bits per heavy atom. The van der Waals surface area contributed by atoms with Crippen LogP contribution in [0.4, 0.5) is 17.1 Å². The molecule has 57 heavy (non-hydrogen) atoms. The van der Waals surface area contributed by atoms with Crippen LogP contribution < -0.4 is 4.90 Å². The van der Waals surface area contributed by atoms with Gasteiger partial charge in [-0.1, -0.05) is 149 Å². The Balaban J connectivity index is 1.10. The third kappa shape index (κ3) is 6.05. The molecular weight excluding hydrogens is 687 g/mol. The third-order valence-corrected chi connectivity index (χ3v) is 14.7. The van der Waals surface area contributed by atoms with Gasteiger partial charge < -0.3 is 4.90 Å². The van der Waals surface area contributed by atoms with E-state index < -0.39 is 0 Å². The van der Waals surface area contributed by atoms with Gasteiger partial charge in [-0.05, 0) is 159 Å². The highest BCUT2D eigenvalue weighted by molar-refractivity contribution is 5.97. The molecule has 7 aromatic rings. The third-order valence-electron chi connectivity index (χ3n) is 14.7. The molecule has 1 heteroatoms. The fourth-order valence-electron chi connectivity index (χ4n) is 11.7. The summed E-state index contributed by atoms with van der Waals surface area (Å²) in [7, 11) is 0. The molecule has 3 saturated carbocycles. The first-order valence-electron chi connectivity index (χ1n) is 21.9. The van der Waals surface area contributed by atoms with E-state index in [0.717, 1.165) is 11.8 Å². The van der Waals surface area contributed by atoms with Crippen LogP contribution >= 0.6 is 0 Å². The molecule has 3 unspecified atom stereocenters. The fraction of sp³-hybridized carbons (Fsp3) is 0.286. The van der Waals surface area contributed by atoms with Crippen LogP contribution in [0, 0.1) is 11.8 Å². The Kier molecular flexibility index (Phi) is 8.50. The molecule has 0 radical (unpaired) electrons. The summed E-state index contributed by atoms with van der Waals surface area (Å²) in [6.45, 7) is 4.84. The minimum atomic E-state index is -0.153. The number of anilines is 3. The predicted octanol–water partition coefficient (Wildman–Crippen LogP) is 15.9. The van der Waals surface area contributed by atoms with E-state index in [1.165, 1.54) is 141 Å². The Hall–Kier alpha value is -5.40. The summed E-state index contributed by atoms with van der Waals surface area (Å²) in [5.74, 6) is 3.19. The lowest BCUT2D eigenvalue weighted by atomic mass is 9.81. The first kappa shape index (κ1) is 34.8. The molecule has 0 aromatic heterocycles. The summed E-state index contributed by atoms with van der Waals surface area (Å²) in [6, 6.07) is 58.4. The Morgan fingerprint density at radius 2 is 1.18 bits per heavy atom. The molecule has 4 aliphatic carbocycles. The van der Waals surface area contributed by atoms with Gasteiger partial charge in [-0.15, -0.1) is 0 Å². The van der Waals surface area contributed by atoms with E-state index in [9.17, 15) is 0 Å². The zero-order valence-electron chi connectivity index (χ0n) is 33.6. The summed E-state index contributed by atoms with van der Waals surface area (Å²) in [6.07, 6.45) is 12.3. The monoisotopic (exact) mass is 739 g/mol. The standard InChI is InChI=1S/C56H53N/c1-56(2)53-29-25-44(39-14-8-4-9-15-39)34-51(53)52-35-50(41-16-10-5-11-17-41)55(36-54(52)56)57(47-26-23-42(24-27-47)49-31-37-18-19-45(49)30-37)48-28-22-40-20-21-43(32-46(40)33-48)38-12-6-3-7-13-38/h4-5,8-11,14-17,20-29,32-38,45,49H,3,6-7,12-13,18-19,30-31H2,1-2H3. The molecule has 0 aliphatic heterocycles. The van der Waals surface area contributed by atoms with E-state index in [-0.39, 0.29) is 5.41 Å². The van der Waals surface area contributed by atoms with Crippen molar-refractivity contribution < 1.29 is 0 Å². The molecule has 0 heterocycles. The minimum Gasteiger partial charge on any atom is -0.310 e. The van der Waals surface area contributed by atoms with Crippen molar-refractivity contribution in [1.82, 2.24) is 0 Å². The van der Waals surface area contributed by atoms with Crippen molar-refractivity contribution in [3.05, 3.63) is 174 Å². The molecule has 1 nitrogen and oxygen atoms in total. The van der Waals surface area contributed by atoms with Crippen molar-refractivity contribution in [3.8, 4) is 33.4 Å². The number of hydrogen-bond donors (Lipinski definition) is 0. The van der Waals surface area contributed by atoms with Gasteiger partial charge in [-0.25, -0.2) is 0 Å². The first-order chi connectivity index (χ1) is 28.0. The van der Waals surface area contributed by atoms with Crippen LogP contribution in [-0.4, -0.2) is 0 Å². The molecule has 0 saturated heterocycles. The first-order valence-corrected chi connectivity index (χ1v) is 21.9. The van der Waals surface area contributed by atoms with E-state index in [4.69, 9.17) is 0 Å². The highest BCUT2D eigenvalue weighted by atomic mass is 15.1. The number of fused-ring (bicyclic) bond motifs is 6. The minimum absolute atomic E-state index is 0.153. The van der Waals surface area contributed by atoms with E-state index >= 15 is 0 Å². The molecule has 0 N–H and O–H groups in total. The maximum Gasteiger partial charge on any atom is 0.0543 e. The molecule has 2 bridgehead atoms. The van der Waals surface area contributed by atoms with Crippen molar-refractivity contribution in [1.29, 1.82) is 0 Å². The van der Waals surface area contributed by atoms with Crippen LogP contribution in [0.25, 0.3) is 44.2 Å². The highest BCUT2D eigenvalue weighted by Gasteiger charge is 2.40. The average Bonchev–Trinajstić information content (AvgIpc) is 3.97. The summed E-state index contributed by atoms with van der Waals surface area (Å²) in [4.78, 5) is 2.58. The van der Waals surface area contributed by atoms with Gasteiger partial charge in [0.25, 0.3) is 0 Å². The Bertz CT molecular complexity index is 2590. The summed E-state index contributed by atoms with van der Waals surface area (Å²) < 4.78 is 0. The zero-order valence-corrected chi connectivity index (χ0v) is 33.6. The van der Waals surface area contributed by atoms with Gasteiger partial charge >= 0.3 is 0 Å². The molecule has 3 fully saturated rings. The largest absolute Gasteiger partial charge is 0.310 e. The number of nitrogens with zero attached hydrogens (tertiary/aromatic N) is 1. The molecule has 0 spiro atoms. The molecule has 3 atom stereocenters. The lowest BCUT2D eigenvalue weighted by Crippen LogP contribution is -2.17. The van der Waals surface area contributed by atoms with Gasteiger partial charge in [0.05, 0.1) is 5.69 Å². The normalized spacial score (nSPS) is 20.8. The second-order valence-corrected chi connectivity index (χ2v) is 18.4. The van der Waals surface area contributed by atoms with Crippen LogP contribution in [0.2, 0.25) is 0 Å². The van der Waals surface area contributed by atoms with Gasteiger partial charge in [0.15, 0.2) is 0 Å². The molecule has 282 valence electrons. The van der Waals surface area contributed by atoms with Crippen molar-refractivity contribution in [2.45, 2.75) is 88.9 Å². The molecule has 4 aliphatic rings. The molecule has 0 amide bonds. The second kappa shape index (κ2) is 13.9. The van der Waals surface area contributed by atoms with Gasteiger partial charge in [-0.2, -0.15) is 0 Å². The summed E-state index contributed by atoms with van der Waals surface area (Å²) in [5, 5.41) is 2.65. The smallest absolute Gasteiger partial charge is 0.0543 e. The Labute approximate surface area is 339 Å². The zero-order chi connectivity index (χ0) is 38.1. The van der Waals surface area contributed by atoms with Gasteiger partial charge in [0, 0.05) is 22.4 Å². The quantitative estimate of drug-likeness (QED) is 0.157. The second-order valence-electron chi connectivity index (χ2n) is 18.4. The topological polar surface area (TPSA) is 3.24 Å².